The molecule has 2 rings (SSSR count). The quantitative estimate of drug-likeness (QED) is 0.248. The van der Waals surface area contributed by atoms with Gasteiger partial charge in [0.15, 0.2) is 5.96 Å². The molecular formula is C22H33IN4O3S. The Morgan fingerprint density at radius 2 is 1.84 bits per heavy atom. The fourth-order valence-corrected chi connectivity index (χ4v) is 3.54. The van der Waals surface area contributed by atoms with Crippen molar-refractivity contribution in [1.82, 2.24) is 15.4 Å². The highest BCUT2D eigenvalue weighted by Gasteiger charge is 2.12. The van der Waals surface area contributed by atoms with Crippen LogP contribution >= 0.6 is 24.0 Å². The van der Waals surface area contributed by atoms with Gasteiger partial charge < -0.3 is 15.4 Å². The summed E-state index contributed by atoms with van der Waals surface area (Å²) in [6.45, 7) is 7.20. The number of aliphatic imine (C=N–C) groups is 1. The highest BCUT2D eigenvalue weighted by atomic mass is 127. The van der Waals surface area contributed by atoms with Gasteiger partial charge in [-0.2, -0.15) is 0 Å². The van der Waals surface area contributed by atoms with Crippen molar-refractivity contribution >= 4 is 40.0 Å². The predicted molar refractivity (Wildman–Crippen MR) is 137 cm³/mol. The lowest BCUT2D eigenvalue weighted by atomic mass is 10.1. The van der Waals surface area contributed by atoms with Crippen LogP contribution in [-0.2, 0) is 23.1 Å². The van der Waals surface area contributed by atoms with Crippen LogP contribution in [0.15, 0.2) is 52.4 Å². The third-order valence-electron chi connectivity index (χ3n) is 4.73. The first-order valence-corrected chi connectivity index (χ1v) is 11.5. The van der Waals surface area contributed by atoms with Gasteiger partial charge in [-0.1, -0.05) is 31.2 Å². The van der Waals surface area contributed by atoms with Gasteiger partial charge in [0, 0.05) is 25.7 Å². The van der Waals surface area contributed by atoms with Crippen LogP contribution in [0.4, 0.5) is 0 Å². The SMILES string of the molecule is CCC(C)Oc1cc(C)ccc1CNC(=NC)NCc1cccc(S(=O)(=O)NC)c1.I. The number of aryl methyl sites for hydroxylation is 1. The molecule has 172 valence electrons. The summed E-state index contributed by atoms with van der Waals surface area (Å²) in [5.41, 5.74) is 3.03. The molecule has 2 aromatic rings. The number of nitrogens with one attached hydrogen (secondary N) is 3. The van der Waals surface area contributed by atoms with Crippen LogP contribution in [0.2, 0.25) is 0 Å². The molecule has 0 heterocycles. The Kier molecular flexibility index (Phi) is 11.3. The molecule has 7 nitrogen and oxygen atoms in total. The summed E-state index contributed by atoms with van der Waals surface area (Å²) in [7, 11) is -0.373. The van der Waals surface area contributed by atoms with Gasteiger partial charge in [0.05, 0.1) is 11.0 Å². The predicted octanol–water partition coefficient (Wildman–Crippen LogP) is 3.56. The number of nitrogens with zero attached hydrogens (tertiary/aromatic N) is 1. The molecule has 1 atom stereocenters. The van der Waals surface area contributed by atoms with E-state index in [4.69, 9.17) is 4.74 Å². The van der Waals surface area contributed by atoms with Crippen LogP contribution in [0.25, 0.3) is 0 Å². The first-order valence-electron chi connectivity index (χ1n) is 10.0. The normalized spacial score (nSPS) is 12.6. The monoisotopic (exact) mass is 560 g/mol. The van der Waals surface area contributed by atoms with Crippen molar-refractivity contribution in [1.29, 1.82) is 0 Å². The zero-order valence-corrected chi connectivity index (χ0v) is 21.9. The topological polar surface area (TPSA) is 91.8 Å². The van der Waals surface area contributed by atoms with Crippen molar-refractivity contribution in [3.63, 3.8) is 0 Å². The van der Waals surface area contributed by atoms with Crippen molar-refractivity contribution in [2.45, 2.75) is 51.3 Å². The molecule has 2 aromatic carbocycles. The fraction of sp³-hybridized carbons (Fsp3) is 0.409. The molecule has 0 saturated carbocycles. The summed E-state index contributed by atoms with van der Waals surface area (Å²) < 4.78 is 32.4. The first kappa shape index (κ1) is 27.2. The van der Waals surface area contributed by atoms with Crippen LogP contribution in [0, 0.1) is 6.92 Å². The van der Waals surface area contributed by atoms with Crippen LogP contribution in [-0.4, -0.2) is 34.6 Å². The second-order valence-corrected chi connectivity index (χ2v) is 8.97. The molecule has 0 amide bonds. The Morgan fingerprint density at radius 1 is 1.13 bits per heavy atom. The Hall–Kier alpha value is -1.85. The fourth-order valence-electron chi connectivity index (χ4n) is 2.74. The number of rotatable bonds is 9. The van der Waals surface area contributed by atoms with E-state index in [1.807, 2.05) is 19.1 Å². The largest absolute Gasteiger partial charge is 0.490 e. The van der Waals surface area contributed by atoms with Crippen molar-refractivity contribution in [3.8, 4) is 5.75 Å². The number of guanidine groups is 1. The lowest BCUT2D eigenvalue weighted by molar-refractivity contribution is 0.215. The maximum absolute atomic E-state index is 12.0. The number of halogens is 1. The molecule has 0 fully saturated rings. The number of benzene rings is 2. The van der Waals surface area contributed by atoms with Gasteiger partial charge in [0.1, 0.15) is 5.75 Å². The Bertz CT molecular complexity index is 980. The van der Waals surface area contributed by atoms with E-state index in [0.717, 1.165) is 28.9 Å². The second-order valence-electron chi connectivity index (χ2n) is 7.08. The van der Waals surface area contributed by atoms with E-state index in [9.17, 15) is 8.42 Å². The molecule has 0 saturated heterocycles. The molecule has 31 heavy (non-hydrogen) atoms. The zero-order valence-electron chi connectivity index (χ0n) is 18.7. The molecule has 0 radical (unpaired) electrons. The summed E-state index contributed by atoms with van der Waals surface area (Å²) in [5.74, 6) is 1.49. The number of hydrogen-bond acceptors (Lipinski definition) is 4. The smallest absolute Gasteiger partial charge is 0.240 e. The average Bonchev–Trinajstić information content (AvgIpc) is 2.75. The van der Waals surface area contributed by atoms with Gasteiger partial charge in [-0.05, 0) is 56.6 Å². The molecule has 1 unspecified atom stereocenters. The Labute approximate surface area is 203 Å². The molecule has 9 heteroatoms. The lowest BCUT2D eigenvalue weighted by Crippen LogP contribution is -2.36. The summed E-state index contributed by atoms with van der Waals surface area (Å²) >= 11 is 0. The van der Waals surface area contributed by atoms with Gasteiger partial charge >= 0.3 is 0 Å². The average molecular weight is 561 g/mol. The van der Waals surface area contributed by atoms with Crippen molar-refractivity contribution in [2.24, 2.45) is 4.99 Å². The molecular weight excluding hydrogens is 527 g/mol. The summed E-state index contributed by atoms with van der Waals surface area (Å²) in [4.78, 5) is 4.49. The molecule has 3 N–H and O–H groups in total. The third kappa shape index (κ3) is 8.30. The van der Waals surface area contributed by atoms with Gasteiger partial charge in [-0.3, -0.25) is 4.99 Å². The van der Waals surface area contributed by atoms with Crippen molar-refractivity contribution in [2.75, 3.05) is 14.1 Å². The minimum atomic E-state index is -3.47. The number of hydrogen-bond donors (Lipinski definition) is 3. The number of sulfonamides is 1. The van der Waals surface area contributed by atoms with Crippen LogP contribution < -0.4 is 20.1 Å². The standard InChI is InChI=1S/C22H32N4O3S.HI/c1-6-17(3)29-21-12-16(2)10-11-19(21)15-26-22(23-4)25-14-18-8-7-9-20(13-18)30(27,28)24-5;/h7-13,17,24H,6,14-15H2,1-5H3,(H2,23,25,26);1H. The summed E-state index contributed by atoms with van der Waals surface area (Å²) in [6.07, 6.45) is 1.08. The second kappa shape index (κ2) is 12.9. The highest BCUT2D eigenvalue weighted by Crippen LogP contribution is 2.22. The summed E-state index contributed by atoms with van der Waals surface area (Å²) in [6, 6.07) is 13.0. The third-order valence-corrected chi connectivity index (χ3v) is 6.15. The van der Waals surface area contributed by atoms with E-state index in [0.29, 0.717) is 19.0 Å². The van der Waals surface area contributed by atoms with Gasteiger partial charge in [0.25, 0.3) is 0 Å². The maximum atomic E-state index is 12.0. The van der Waals surface area contributed by atoms with E-state index < -0.39 is 10.0 Å². The van der Waals surface area contributed by atoms with E-state index in [-0.39, 0.29) is 35.0 Å². The van der Waals surface area contributed by atoms with Crippen molar-refractivity contribution in [3.05, 3.63) is 59.2 Å². The number of ether oxygens (including phenoxy) is 1. The highest BCUT2D eigenvalue weighted by molar-refractivity contribution is 14.0. The summed E-state index contributed by atoms with van der Waals surface area (Å²) in [5, 5.41) is 6.51. The molecule has 0 aliphatic carbocycles. The van der Waals surface area contributed by atoms with Gasteiger partial charge in [-0.15, -0.1) is 24.0 Å². The molecule has 0 bridgehead atoms. The van der Waals surface area contributed by atoms with Crippen LogP contribution in [0.3, 0.4) is 0 Å². The molecule has 0 aliphatic rings. The van der Waals surface area contributed by atoms with Gasteiger partial charge in [-0.25, -0.2) is 13.1 Å². The maximum Gasteiger partial charge on any atom is 0.240 e. The van der Waals surface area contributed by atoms with E-state index in [1.165, 1.54) is 7.05 Å². The zero-order chi connectivity index (χ0) is 22.1. The van der Waals surface area contributed by atoms with E-state index in [1.54, 1.807) is 25.2 Å². The van der Waals surface area contributed by atoms with E-state index >= 15 is 0 Å². The van der Waals surface area contributed by atoms with E-state index in [2.05, 4.69) is 46.3 Å². The van der Waals surface area contributed by atoms with Crippen LogP contribution in [0.5, 0.6) is 5.75 Å². The minimum absolute atomic E-state index is 0. The van der Waals surface area contributed by atoms with Gasteiger partial charge in [0.2, 0.25) is 10.0 Å². The molecule has 0 aromatic heterocycles. The molecule has 0 spiro atoms. The Balaban J connectivity index is 0.00000480. The molecule has 0 aliphatic heterocycles. The lowest BCUT2D eigenvalue weighted by Gasteiger charge is -2.18. The minimum Gasteiger partial charge on any atom is -0.490 e. The first-order chi connectivity index (χ1) is 14.3. The van der Waals surface area contributed by atoms with Crippen LogP contribution in [0.1, 0.15) is 37.0 Å². The van der Waals surface area contributed by atoms with Crippen molar-refractivity contribution < 1.29 is 13.2 Å². The Morgan fingerprint density at radius 3 is 2.48 bits per heavy atom.